The van der Waals surface area contributed by atoms with E-state index in [-0.39, 0.29) is 40.3 Å². The van der Waals surface area contributed by atoms with Crippen LogP contribution < -0.4 is 20.9 Å². The summed E-state index contributed by atoms with van der Waals surface area (Å²) < 4.78 is 5.07. The maximum Gasteiger partial charge on any atom is 0.272 e. The van der Waals surface area contributed by atoms with E-state index in [2.05, 4.69) is 5.32 Å². The van der Waals surface area contributed by atoms with Gasteiger partial charge in [0.2, 0.25) is 0 Å². The summed E-state index contributed by atoms with van der Waals surface area (Å²) in [7, 11) is 3.13. The number of nitrogens with one attached hydrogen (secondary N) is 1. The number of carbonyl (C=O) groups is 1. The zero-order chi connectivity index (χ0) is 15.7. The summed E-state index contributed by atoms with van der Waals surface area (Å²) >= 11 is 1.06. The van der Waals surface area contributed by atoms with Crippen LogP contribution >= 0.6 is 11.3 Å². The normalized spacial score (nSPS) is 10.6. The number of nitrogens with zero attached hydrogens (tertiary/aromatic N) is 1. The van der Waals surface area contributed by atoms with Crippen LogP contribution in [0.4, 0.5) is 10.7 Å². The van der Waals surface area contributed by atoms with Crippen LogP contribution in [-0.2, 0) is 0 Å². The number of ether oxygens (including phenoxy) is 1. The first-order chi connectivity index (χ1) is 9.88. The highest BCUT2D eigenvalue weighted by Crippen LogP contribution is 2.38. The molecule has 2 aromatic rings. The molecular weight excluding hydrogens is 296 g/mol. The summed E-state index contributed by atoms with van der Waals surface area (Å²) in [4.78, 5) is 36.0. The molecule has 21 heavy (non-hydrogen) atoms. The number of rotatable bonds is 5. The third kappa shape index (κ3) is 2.49. The average molecular weight is 310 g/mol. The van der Waals surface area contributed by atoms with E-state index in [1.807, 2.05) is 0 Å². The second kappa shape index (κ2) is 5.57. The summed E-state index contributed by atoms with van der Waals surface area (Å²) in [5.41, 5.74) is -1.27. The van der Waals surface area contributed by atoms with Gasteiger partial charge in [0, 0.05) is 19.5 Å². The van der Waals surface area contributed by atoms with Crippen molar-refractivity contribution in [2.45, 2.75) is 6.92 Å². The molecule has 0 spiro atoms. The lowest BCUT2D eigenvalue weighted by Crippen LogP contribution is -2.34. The Balaban J connectivity index is 2.30. The fraction of sp³-hybridized carbons (Fsp3) is 0.308. The van der Waals surface area contributed by atoms with E-state index in [4.69, 9.17) is 4.74 Å². The fourth-order valence-electron chi connectivity index (χ4n) is 1.71. The summed E-state index contributed by atoms with van der Waals surface area (Å²) in [6.45, 7) is 1.94. The SMILES string of the molecule is CCOc1c(Nc2scc(C(=O)N(C)C)c2O)c(=O)c1=O. The first-order valence-electron chi connectivity index (χ1n) is 6.13. The Morgan fingerprint density at radius 2 is 2.05 bits per heavy atom. The van der Waals surface area contributed by atoms with Crippen LogP contribution in [0.1, 0.15) is 17.3 Å². The zero-order valence-corrected chi connectivity index (χ0v) is 12.5. The minimum atomic E-state index is -0.702. The molecule has 0 aliphatic carbocycles. The van der Waals surface area contributed by atoms with E-state index in [1.54, 1.807) is 21.0 Å². The smallest absolute Gasteiger partial charge is 0.272 e. The van der Waals surface area contributed by atoms with Gasteiger partial charge in [-0.25, -0.2) is 0 Å². The molecule has 1 heterocycles. The lowest BCUT2D eigenvalue weighted by atomic mass is 10.2. The first kappa shape index (κ1) is 15.0. The number of amides is 1. The van der Waals surface area contributed by atoms with Crippen LogP contribution in [-0.4, -0.2) is 36.6 Å². The predicted molar refractivity (Wildman–Crippen MR) is 79.8 cm³/mol. The number of hydrogen-bond donors (Lipinski definition) is 2. The van der Waals surface area contributed by atoms with Crippen LogP contribution in [0, 0.1) is 0 Å². The van der Waals surface area contributed by atoms with E-state index in [0.29, 0.717) is 0 Å². The number of anilines is 2. The molecule has 8 heteroatoms. The third-order valence-corrected chi connectivity index (χ3v) is 3.68. The van der Waals surface area contributed by atoms with Crippen molar-refractivity contribution in [3.8, 4) is 11.5 Å². The van der Waals surface area contributed by atoms with Gasteiger partial charge in [-0.15, -0.1) is 11.3 Å². The maximum atomic E-state index is 11.8. The van der Waals surface area contributed by atoms with Gasteiger partial charge in [-0.05, 0) is 6.92 Å². The van der Waals surface area contributed by atoms with Crippen molar-refractivity contribution < 1.29 is 14.6 Å². The molecule has 0 unspecified atom stereocenters. The quantitative estimate of drug-likeness (QED) is 0.796. The van der Waals surface area contributed by atoms with Gasteiger partial charge in [0.15, 0.2) is 11.5 Å². The highest BCUT2D eigenvalue weighted by molar-refractivity contribution is 7.15. The van der Waals surface area contributed by atoms with Gasteiger partial charge >= 0.3 is 0 Å². The number of thiophene rings is 1. The fourth-order valence-corrected chi connectivity index (χ4v) is 2.54. The largest absolute Gasteiger partial charge is 0.504 e. The molecule has 1 aromatic carbocycles. The number of carbonyl (C=O) groups excluding carboxylic acids is 1. The molecule has 1 amide bonds. The molecule has 112 valence electrons. The molecule has 0 aliphatic rings. The van der Waals surface area contributed by atoms with Gasteiger partial charge in [0.1, 0.15) is 10.7 Å². The Morgan fingerprint density at radius 1 is 1.38 bits per heavy atom. The number of aromatic hydroxyl groups is 1. The molecule has 2 N–H and O–H groups in total. The van der Waals surface area contributed by atoms with Crippen molar-refractivity contribution >= 4 is 27.9 Å². The molecule has 0 radical (unpaired) electrons. The average Bonchev–Trinajstić information content (AvgIpc) is 2.82. The van der Waals surface area contributed by atoms with Crippen molar-refractivity contribution in [3.63, 3.8) is 0 Å². The standard InChI is InChI=1S/C13H14N2O5S/c1-4-20-11-7(9(17)10(11)18)14-12-8(16)6(5-21-12)13(19)15(2)3/h5,14,16H,4H2,1-3H3. The Morgan fingerprint density at radius 3 is 2.62 bits per heavy atom. The molecule has 0 saturated carbocycles. The van der Waals surface area contributed by atoms with Gasteiger partial charge in [-0.3, -0.25) is 14.4 Å². The second-order valence-electron chi connectivity index (χ2n) is 4.45. The molecular formula is C13H14N2O5S. The monoisotopic (exact) mass is 310 g/mol. The van der Waals surface area contributed by atoms with E-state index < -0.39 is 10.9 Å². The molecule has 0 atom stereocenters. The van der Waals surface area contributed by atoms with Crippen LogP contribution in [0.15, 0.2) is 15.0 Å². The van der Waals surface area contributed by atoms with Gasteiger partial charge < -0.3 is 20.1 Å². The molecule has 7 nitrogen and oxygen atoms in total. The second-order valence-corrected chi connectivity index (χ2v) is 5.33. The Bertz CT molecular complexity index is 755. The van der Waals surface area contributed by atoms with Crippen molar-refractivity contribution in [1.29, 1.82) is 0 Å². The molecule has 2 rings (SSSR count). The van der Waals surface area contributed by atoms with E-state index >= 15 is 0 Å². The summed E-state index contributed by atoms with van der Waals surface area (Å²) in [6.07, 6.45) is 0. The van der Waals surface area contributed by atoms with Crippen LogP contribution in [0.3, 0.4) is 0 Å². The minimum absolute atomic E-state index is 0.00264. The van der Waals surface area contributed by atoms with Crippen molar-refractivity contribution in [1.82, 2.24) is 4.90 Å². The third-order valence-electron chi connectivity index (χ3n) is 2.80. The van der Waals surface area contributed by atoms with Gasteiger partial charge in [0.05, 0.1) is 12.2 Å². The zero-order valence-electron chi connectivity index (χ0n) is 11.7. The topological polar surface area (TPSA) is 95.9 Å². The summed E-state index contributed by atoms with van der Waals surface area (Å²) in [5, 5.41) is 14.4. The predicted octanol–water partition coefficient (Wildman–Crippen LogP) is 0.894. The Hall–Kier alpha value is -2.35. The maximum absolute atomic E-state index is 11.8. The van der Waals surface area contributed by atoms with Crippen LogP contribution in [0.2, 0.25) is 0 Å². The van der Waals surface area contributed by atoms with Gasteiger partial charge in [0.25, 0.3) is 16.8 Å². The summed E-state index contributed by atoms with van der Waals surface area (Å²) in [6, 6.07) is 0. The van der Waals surface area contributed by atoms with Crippen molar-refractivity contribution in [3.05, 3.63) is 31.4 Å². The molecule has 0 saturated heterocycles. The molecule has 0 bridgehead atoms. The Kier molecular flexibility index (Phi) is 3.99. The van der Waals surface area contributed by atoms with Crippen molar-refractivity contribution in [2.75, 3.05) is 26.0 Å². The number of hydrogen-bond acceptors (Lipinski definition) is 7. The van der Waals surface area contributed by atoms with Gasteiger partial charge in [-0.2, -0.15) is 0 Å². The van der Waals surface area contributed by atoms with Gasteiger partial charge in [-0.1, -0.05) is 0 Å². The van der Waals surface area contributed by atoms with Crippen LogP contribution in [0.5, 0.6) is 11.5 Å². The lowest BCUT2D eigenvalue weighted by Gasteiger charge is -2.12. The highest BCUT2D eigenvalue weighted by atomic mass is 32.1. The Labute approximate surface area is 124 Å². The first-order valence-corrected chi connectivity index (χ1v) is 7.01. The van der Waals surface area contributed by atoms with E-state index in [0.717, 1.165) is 11.3 Å². The van der Waals surface area contributed by atoms with Crippen LogP contribution in [0.25, 0.3) is 0 Å². The molecule has 1 aromatic heterocycles. The molecule has 0 fully saturated rings. The van der Waals surface area contributed by atoms with E-state index in [1.165, 1.54) is 10.3 Å². The molecule has 0 aliphatic heterocycles. The highest BCUT2D eigenvalue weighted by Gasteiger charge is 2.25. The lowest BCUT2D eigenvalue weighted by molar-refractivity contribution is 0.0825. The summed E-state index contributed by atoms with van der Waals surface area (Å²) in [5.74, 6) is -0.656. The van der Waals surface area contributed by atoms with Crippen molar-refractivity contribution in [2.24, 2.45) is 0 Å². The minimum Gasteiger partial charge on any atom is -0.504 e. The van der Waals surface area contributed by atoms with E-state index in [9.17, 15) is 19.5 Å².